The van der Waals surface area contributed by atoms with Crippen molar-refractivity contribution < 1.29 is 23.4 Å². The molecule has 0 spiro atoms. The van der Waals surface area contributed by atoms with Gasteiger partial charge in [-0.2, -0.15) is 0 Å². The van der Waals surface area contributed by atoms with Gasteiger partial charge in [-0.3, -0.25) is 20.7 Å². The first-order valence-corrected chi connectivity index (χ1v) is 13.7. The highest BCUT2D eigenvalue weighted by molar-refractivity contribution is 7.89. The number of fused-ring (bicyclic) bond motifs is 1. The molecular weight excluding hydrogens is 490 g/mol. The van der Waals surface area contributed by atoms with Gasteiger partial charge in [0.25, 0.3) is 5.84 Å². The van der Waals surface area contributed by atoms with E-state index in [1.165, 1.54) is 6.07 Å². The summed E-state index contributed by atoms with van der Waals surface area (Å²) in [6, 6.07) is 18.5. The van der Waals surface area contributed by atoms with Crippen LogP contribution in [0.15, 0.2) is 71.6 Å². The summed E-state index contributed by atoms with van der Waals surface area (Å²) in [7, 11) is -3.93. The molecule has 1 atom stereocenters. The fourth-order valence-electron chi connectivity index (χ4n) is 4.43. The summed E-state index contributed by atoms with van der Waals surface area (Å²) in [4.78, 5) is 27.9. The molecule has 3 aromatic rings. The number of nitrogens with two attached hydrogens (primary N) is 2. The Kier molecular flexibility index (Phi) is 8.20. The van der Waals surface area contributed by atoms with Crippen molar-refractivity contribution >= 4 is 38.4 Å². The highest BCUT2D eigenvalue weighted by Gasteiger charge is 2.28. The molecule has 1 saturated heterocycles. The first-order valence-electron chi connectivity index (χ1n) is 12.3. The number of benzene rings is 3. The van der Waals surface area contributed by atoms with E-state index in [0.29, 0.717) is 18.7 Å². The molecule has 3 aromatic carbocycles. The van der Waals surface area contributed by atoms with Crippen LogP contribution in [0, 0.1) is 0 Å². The Bertz CT molecular complexity index is 1400. The van der Waals surface area contributed by atoms with Gasteiger partial charge in [0.1, 0.15) is 6.04 Å². The molecule has 37 heavy (non-hydrogen) atoms. The number of hydrogen-bond donors (Lipinski definition) is 4. The predicted molar refractivity (Wildman–Crippen MR) is 142 cm³/mol. The van der Waals surface area contributed by atoms with Crippen LogP contribution in [-0.4, -0.2) is 56.6 Å². The molecule has 0 aliphatic carbocycles. The van der Waals surface area contributed by atoms with Crippen LogP contribution in [0.25, 0.3) is 10.8 Å². The van der Waals surface area contributed by atoms with E-state index in [2.05, 4.69) is 10.0 Å². The molecule has 1 aliphatic heterocycles. The van der Waals surface area contributed by atoms with Gasteiger partial charge in [-0.1, -0.05) is 42.5 Å². The van der Waals surface area contributed by atoms with E-state index in [-0.39, 0.29) is 23.1 Å². The third kappa shape index (κ3) is 6.72. The molecule has 10 heteroatoms. The molecule has 1 fully saturated rings. The lowest BCUT2D eigenvalue weighted by Crippen LogP contribution is -2.52. The Balaban J connectivity index is 1.45. The maximum atomic E-state index is 13.3. The number of amides is 2. The molecule has 0 saturated carbocycles. The van der Waals surface area contributed by atoms with Crippen LogP contribution in [-0.2, 0) is 26.0 Å². The number of carbonyl (C=O) groups excluding carboxylic acids is 2. The van der Waals surface area contributed by atoms with Crippen molar-refractivity contribution in [3.05, 3.63) is 77.9 Å². The van der Waals surface area contributed by atoms with Crippen LogP contribution >= 0.6 is 0 Å². The van der Waals surface area contributed by atoms with E-state index in [1.807, 2.05) is 24.3 Å². The highest BCUT2D eigenvalue weighted by Crippen LogP contribution is 2.19. The number of piperidine rings is 1. The van der Waals surface area contributed by atoms with Gasteiger partial charge in [-0.15, -0.1) is 0 Å². The van der Waals surface area contributed by atoms with Crippen LogP contribution in [0.4, 0.5) is 0 Å². The second-order valence-corrected chi connectivity index (χ2v) is 11.0. The number of nitrogens with zero attached hydrogens (tertiary/aromatic N) is 1. The molecule has 194 valence electrons. The Morgan fingerprint density at radius 2 is 1.62 bits per heavy atom. The Morgan fingerprint density at radius 1 is 0.946 bits per heavy atom. The van der Waals surface area contributed by atoms with Crippen molar-refractivity contribution in [3.8, 4) is 0 Å². The monoisotopic (exact) mass is 522 g/mol. The molecule has 0 radical (unpaired) electrons. The number of nitrogens with one attached hydrogen (secondary N) is 2. The summed E-state index contributed by atoms with van der Waals surface area (Å²) in [5.41, 5.74) is 7.13. The second kappa shape index (κ2) is 11.5. The molecular formula is C27H32N5O4S+. The largest absolute Gasteiger partial charge is 0.343 e. The van der Waals surface area contributed by atoms with E-state index in [1.54, 1.807) is 41.3 Å². The number of hydrogen-bond acceptors (Lipinski definition) is 4. The van der Waals surface area contributed by atoms with Gasteiger partial charge in [0.2, 0.25) is 21.8 Å². The summed E-state index contributed by atoms with van der Waals surface area (Å²) >= 11 is 0. The zero-order valence-corrected chi connectivity index (χ0v) is 21.3. The first kappa shape index (κ1) is 26.3. The van der Waals surface area contributed by atoms with E-state index in [0.717, 1.165) is 35.6 Å². The molecule has 2 amide bonds. The van der Waals surface area contributed by atoms with Crippen LogP contribution in [0.5, 0.6) is 0 Å². The van der Waals surface area contributed by atoms with Crippen LogP contribution in [0.3, 0.4) is 0 Å². The Hall–Kier alpha value is -3.76. The topological polar surface area (TPSA) is 147 Å². The smallest absolute Gasteiger partial charge is 0.270 e. The van der Waals surface area contributed by atoms with Crippen molar-refractivity contribution in [2.24, 2.45) is 5.73 Å². The average Bonchev–Trinajstić information content (AvgIpc) is 2.91. The zero-order chi connectivity index (χ0) is 26.4. The number of carbonyl (C=O) groups is 2. The molecule has 0 aromatic heterocycles. The standard InChI is InChI=1S/C27H31N5O4S/c28-26(29)21-10-8-19(9-11-21)16-24(27(34)32-14-4-1-5-15-32)31-25(33)18-30-37(35,36)23-13-12-20-6-2-3-7-22(20)17-23/h2-3,6-13,17,24,30H,1,4-5,14-16,18H2,(H3,28,29)(H,31,33)/p+1. The Labute approximate surface area is 216 Å². The molecule has 4 rings (SSSR count). The summed E-state index contributed by atoms with van der Waals surface area (Å²) in [6.07, 6.45) is 3.15. The number of amidine groups is 1. The molecule has 6 N–H and O–H groups in total. The fourth-order valence-corrected chi connectivity index (χ4v) is 5.44. The third-order valence-corrected chi connectivity index (χ3v) is 7.88. The molecule has 1 heterocycles. The van der Waals surface area contributed by atoms with Crippen LogP contribution in [0.2, 0.25) is 0 Å². The lowest BCUT2D eigenvalue weighted by atomic mass is 10.0. The second-order valence-electron chi connectivity index (χ2n) is 9.20. The molecule has 1 aliphatic rings. The maximum Gasteiger partial charge on any atom is 0.270 e. The van der Waals surface area contributed by atoms with Gasteiger partial charge in [0, 0.05) is 19.5 Å². The lowest BCUT2D eigenvalue weighted by Gasteiger charge is -2.31. The number of sulfonamides is 1. The number of rotatable bonds is 9. The maximum absolute atomic E-state index is 13.3. The van der Waals surface area contributed by atoms with Gasteiger partial charge < -0.3 is 10.2 Å². The average molecular weight is 523 g/mol. The normalized spacial score (nSPS) is 14.8. The minimum absolute atomic E-state index is 0.0658. The van der Waals surface area contributed by atoms with Gasteiger partial charge in [-0.05, 0) is 59.9 Å². The van der Waals surface area contributed by atoms with Crippen molar-refractivity contribution in [1.82, 2.24) is 14.9 Å². The van der Waals surface area contributed by atoms with Gasteiger partial charge in [-0.25, -0.2) is 13.1 Å². The van der Waals surface area contributed by atoms with Crippen molar-refractivity contribution in [2.45, 2.75) is 36.6 Å². The quantitative estimate of drug-likeness (QED) is 0.236. The van der Waals surface area contributed by atoms with E-state index < -0.39 is 28.5 Å². The van der Waals surface area contributed by atoms with Crippen LogP contribution in [0.1, 0.15) is 30.4 Å². The van der Waals surface area contributed by atoms with Crippen molar-refractivity contribution in [1.29, 1.82) is 0 Å². The zero-order valence-electron chi connectivity index (χ0n) is 20.5. The summed E-state index contributed by atoms with van der Waals surface area (Å²) < 4.78 is 28.0. The summed E-state index contributed by atoms with van der Waals surface area (Å²) in [5.74, 6) is -0.574. The summed E-state index contributed by atoms with van der Waals surface area (Å²) in [6.45, 7) is 0.783. The predicted octanol–water partition coefficient (Wildman–Crippen LogP) is 0.323. The van der Waals surface area contributed by atoms with Crippen molar-refractivity contribution in [2.75, 3.05) is 19.6 Å². The third-order valence-electron chi connectivity index (χ3n) is 6.48. The van der Waals surface area contributed by atoms with Gasteiger partial charge in [0.05, 0.1) is 17.0 Å². The Morgan fingerprint density at radius 3 is 2.30 bits per heavy atom. The van der Waals surface area contributed by atoms with Gasteiger partial charge in [0.15, 0.2) is 0 Å². The van der Waals surface area contributed by atoms with E-state index >= 15 is 0 Å². The number of likely N-dealkylation sites (tertiary alicyclic amines) is 1. The van der Waals surface area contributed by atoms with E-state index in [9.17, 15) is 18.0 Å². The van der Waals surface area contributed by atoms with E-state index in [4.69, 9.17) is 11.1 Å². The molecule has 0 bridgehead atoms. The van der Waals surface area contributed by atoms with Crippen molar-refractivity contribution in [3.63, 3.8) is 0 Å². The molecule has 9 nitrogen and oxygen atoms in total. The minimum atomic E-state index is -3.93. The minimum Gasteiger partial charge on any atom is -0.343 e. The first-order chi connectivity index (χ1) is 17.7. The fraction of sp³-hybridized carbons (Fsp3) is 0.296. The lowest BCUT2D eigenvalue weighted by molar-refractivity contribution is -0.137. The SMILES string of the molecule is NC(=[NH2+])c1ccc(CC(NC(=O)CNS(=O)(=O)c2ccc3ccccc3c2)C(=O)N2CCCCC2)cc1. The van der Waals surface area contributed by atoms with Crippen LogP contribution < -0.4 is 21.2 Å². The highest BCUT2D eigenvalue weighted by atomic mass is 32.2. The summed E-state index contributed by atoms with van der Waals surface area (Å²) in [5, 5.41) is 10.1. The van der Waals surface area contributed by atoms with Gasteiger partial charge >= 0.3 is 0 Å². The molecule has 1 unspecified atom stereocenters.